The van der Waals surface area contributed by atoms with E-state index in [4.69, 9.17) is 5.73 Å². The smallest absolute Gasteiger partial charge is 0.221 e. The second-order valence-corrected chi connectivity index (χ2v) is 5.24. The van der Waals surface area contributed by atoms with Gasteiger partial charge in [0, 0.05) is 25.6 Å². The lowest BCUT2D eigenvalue weighted by Crippen LogP contribution is -2.24. The van der Waals surface area contributed by atoms with Gasteiger partial charge in [-0.2, -0.15) is 0 Å². The summed E-state index contributed by atoms with van der Waals surface area (Å²) in [5.41, 5.74) is 7.06. The van der Waals surface area contributed by atoms with E-state index in [-0.39, 0.29) is 18.1 Å². The highest BCUT2D eigenvalue weighted by Gasteiger charge is 2.12. The van der Waals surface area contributed by atoms with Crippen LogP contribution in [-0.4, -0.2) is 22.0 Å². The molecule has 0 bridgehead atoms. The molecule has 0 saturated carbocycles. The number of benzene rings is 1. The van der Waals surface area contributed by atoms with Crippen LogP contribution in [-0.2, 0) is 11.3 Å². The topological polar surface area (TPSA) is 72.9 Å². The number of anilines is 1. The van der Waals surface area contributed by atoms with Crippen molar-refractivity contribution < 1.29 is 9.18 Å². The maximum absolute atomic E-state index is 13.6. The highest BCUT2D eigenvalue weighted by molar-refractivity contribution is 14.1. The minimum atomic E-state index is -0.313. The van der Waals surface area contributed by atoms with Gasteiger partial charge < -0.3 is 15.6 Å². The second-order valence-electron chi connectivity index (χ2n) is 4.08. The lowest BCUT2D eigenvalue weighted by molar-refractivity contribution is -0.121. The molecular formula is C12H14FIN4O. The first-order valence-corrected chi connectivity index (χ1v) is 6.98. The highest BCUT2D eigenvalue weighted by atomic mass is 127. The van der Waals surface area contributed by atoms with Crippen LogP contribution in [0.4, 0.5) is 10.3 Å². The number of carbonyl (C=O) groups excluding carboxylic acids is 1. The van der Waals surface area contributed by atoms with E-state index in [1.807, 2.05) is 29.5 Å². The third kappa shape index (κ3) is 2.96. The van der Waals surface area contributed by atoms with Gasteiger partial charge in [0.05, 0.1) is 14.6 Å². The number of fused-ring (bicyclic) bond motifs is 1. The number of nitrogens with zero attached hydrogens (tertiary/aromatic N) is 2. The predicted molar refractivity (Wildman–Crippen MR) is 80.1 cm³/mol. The van der Waals surface area contributed by atoms with Crippen molar-refractivity contribution in [1.82, 2.24) is 14.9 Å². The summed E-state index contributed by atoms with van der Waals surface area (Å²) in [7, 11) is 0. The second kappa shape index (κ2) is 5.72. The van der Waals surface area contributed by atoms with Crippen LogP contribution < -0.4 is 11.1 Å². The zero-order valence-corrected chi connectivity index (χ0v) is 12.6. The SMILES string of the molecule is CCNC(=O)CCn1c(N)nc2cc(I)c(F)cc21. The van der Waals surface area contributed by atoms with Crippen molar-refractivity contribution in [2.75, 3.05) is 12.3 Å². The van der Waals surface area contributed by atoms with Crippen molar-refractivity contribution >= 4 is 45.5 Å². The van der Waals surface area contributed by atoms with Crippen LogP contribution in [0.3, 0.4) is 0 Å². The van der Waals surface area contributed by atoms with E-state index in [0.717, 1.165) is 0 Å². The molecule has 1 heterocycles. The van der Waals surface area contributed by atoms with E-state index in [0.29, 0.717) is 33.6 Å². The molecule has 0 aliphatic rings. The summed E-state index contributed by atoms with van der Waals surface area (Å²) in [6.07, 6.45) is 0.289. The van der Waals surface area contributed by atoms with Gasteiger partial charge in [-0.05, 0) is 35.6 Å². The molecule has 0 radical (unpaired) electrons. The Hall–Kier alpha value is -1.38. The maximum atomic E-state index is 13.6. The first-order valence-electron chi connectivity index (χ1n) is 5.90. The molecule has 7 heteroatoms. The van der Waals surface area contributed by atoms with Crippen molar-refractivity contribution in [1.29, 1.82) is 0 Å². The first-order chi connectivity index (χ1) is 9.02. The summed E-state index contributed by atoms with van der Waals surface area (Å²) >= 11 is 1.91. The molecular weight excluding hydrogens is 362 g/mol. The summed E-state index contributed by atoms with van der Waals surface area (Å²) in [5.74, 6) is -0.0808. The lowest BCUT2D eigenvalue weighted by atomic mass is 10.3. The van der Waals surface area contributed by atoms with Gasteiger partial charge in [0.15, 0.2) is 0 Å². The Kier molecular flexibility index (Phi) is 4.23. The Morgan fingerprint density at radius 1 is 1.58 bits per heavy atom. The number of nitrogens with one attached hydrogen (secondary N) is 1. The Morgan fingerprint density at radius 2 is 2.32 bits per heavy atom. The van der Waals surface area contributed by atoms with Crippen LogP contribution in [0.5, 0.6) is 0 Å². The van der Waals surface area contributed by atoms with E-state index in [1.165, 1.54) is 6.07 Å². The molecule has 0 aliphatic carbocycles. The molecule has 3 N–H and O–H groups in total. The molecule has 0 unspecified atom stereocenters. The number of nitrogens with two attached hydrogens (primary N) is 1. The van der Waals surface area contributed by atoms with Gasteiger partial charge in [-0.15, -0.1) is 0 Å². The molecule has 0 aliphatic heterocycles. The van der Waals surface area contributed by atoms with Crippen molar-refractivity contribution in [2.24, 2.45) is 0 Å². The number of hydrogen-bond donors (Lipinski definition) is 2. The molecule has 102 valence electrons. The van der Waals surface area contributed by atoms with E-state index in [1.54, 1.807) is 10.6 Å². The fraction of sp³-hybridized carbons (Fsp3) is 0.333. The quantitative estimate of drug-likeness (QED) is 0.801. The standard InChI is InChI=1S/C12H14FIN4O/c1-2-16-11(19)3-4-18-10-5-7(13)8(14)6-9(10)17-12(18)15/h5-6H,2-4H2,1H3,(H2,15,17)(H,16,19). The summed E-state index contributed by atoms with van der Waals surface area (Å²) < 4.78 is 15.7. The summed E-state index contributed by atoms with van der Waals surface area (Å²) in [6.45, 7) is 2.83. The molecule has 1 amide bonds. The van der Waals surface area contributed by atoms with Crippen molar-refractivity contribution in [3.63, 3.8) is 0 Å². The zero-order valence-electron chi connectivity index (χ0n) is 10.4. The lowest BCUT2D eigenvalue weighted by Gasteiger charge is -2.06. The van der Waals surface area contributed by atoms with Gasteiger partial charge in [0.25, 0.3) is 0 Å². The number of carbonyl (C=O) groups is 1. The number of imidazole rings is 1. The van der Waals surface area contributed by atoms with E-state index in [9.17, 15) is 9.18 Å². The molecule has 1 aromatic heterocycles. The molecule has 0 fully saturated rings. The van der Waals surface area contributed by atoms with Crippen LogP contribution >= 0.6 is 22.6 Å². The molecule has 19 heavy (non-hydrogen) atoms. The average Bonchev–Trinajstić information content (AvgIpc) is 2.63. The van der Waals surface area contributed by atoms with E-state index < -0.39 is 0 Å². The Balaban J connectivity index is 2.30. The number of aromatic nitrogens is 2. The van der Waals surface area contributed by atoms with Crippen molar-refractivity contribution in [3.8, 4) is 0 Å². The normalized spacial score (nSPS) is 10.9. The van der Waals surface area contributed by atoms with Gasteiger partial charge in [-0.25, -0.2) is 9.37 Å². The molecule has 5 nitrogen and oxygen atoms in total. The Labute approximate surface area is 123 Å². The Bertz CT molecular complexity index is 626. The number of nitrogen functional groups attached to an aromatic ring is 1. The fourth-order valence-electron chi connectivity index (χ4n) is 1.87. The van der Waals surface area contributed by atoms with E-state index >= 15 is 0 Å². The number of hydrogen-bond acceptors (Lipinski definition) is 3. The minimum absolute atomic E-state index is 0.0604. The van der Waals surface area contributed by atoms with Crippen LogP contribution in [0.2, 0.25) is 0 Å². The largest absolute Gasteiger partial charge is 0.369 e. The van der Waals surface area contributed by atoms with Crippen LogP contribution in [0.15, 0.2) is 12.1 Å². The summed E-state index contributed by atoms with van der Waals surface area (Å²) in [5, 5.41) is 2.71. The minimum Gasteiger partial charge on any atom is -0.369 e. The summed E-state index contributed by atoms with van der Waals surface area (Å²) in [6, 6.07) is 3.04. The molecule has 1 aromatic carbocycles. The Morgan fingerprint density at radius 3 is 3.00 bits per heavy atom. The monoisotopic (exact) mass is 376 g/mol. The zero-order chi connectivity index (χ0) is 14.0. The number of aryl methyl sites for hydroxylation is 1. The van der Waals surface area contributed by atoms with Crippen molar-refractivity contribution in [3.05, 3.63) is 21.5 Å². The number of rotatable bonds is 4. The summed E-state index contributed by atoms with van der Waals surface area (Å²) in [4.78, 5) is 15.6. The van der Waals surface area contributed by atoms with Gasteiger partial charge >= 0.3 is 0 Å². The molecule has 0 spiro atoms. The first kappa shape index (κ1) is 14.0. The number of halogens is 2. The van der Waals surface area contributed by atoms with Crippen LogP contribution in [0, 0.1) is 9.39 Å². The molecule has 2 rings (SSSR count). The number of amides is 1. The van der Waals surface area contributed by atoms with Gasteiger partial charge in [0.2, 0.25) is 11.9 Å². The predicted octanol–water partition coefficient (Wildman–Crippen LogP) is 1.89. The molecule has 0 atom stereocenters. The van der Waals surface area contributed by atoms with Gasteiger partial charge in [0.1, 0.15) is 5.82 Å². The van der Waals surface area contributed by atoms with Crippen LogP contribution in [0.25, 0.3) is 11.0 Å². The third-order valence-electron chi connectivity index (χ3n) is 2.76. The average molecular weight is 376 g/mol. The van der Waals surface area contributed by atoms with Gasteiger partial charge in [-0.1, -0.05) is 0 Å². The third-order valence-corrected chi connectivity index (χ3v) is 3.58. The highest BCUT2D eigenvalue weighted by Crippen LogP contribution is 2.23. The fourth-order valence-corrected chi connectivity index (χ4v) is 2.32. The van der Waals surface area contributed by atoms with Crippen molar-refractivity contribution in [2.45, 2.75) is 19.9 Å². The van der Waals surface area contributed by atoms with Gasteiger partial charge in [-0.3, -0.25) is 4.79 Å². The van der Waals surface area contributed by atoms with E-state index in [2.05, 4.69) is 10.3 Å². The maximum Gasteiger partial charge on any atom is 0.221 e. The van der Waals surface area contributed by atoms with Crippen LogP contribution in [0.1, 0.15) is 13.3 Å². The molecule has 2 aromatic rings. The molecule has 0 saturated heterocycles.